The van der Waals surface area contributed by atoms with Gasteiger partial charge in [-0.15, -0.1) is 68.0 Å². The van der Waals surface area contributed by atoms with Crippen LogP contribution in [0.15, 0.2) is 125 Å². The van der Waals surface area contributed by atoms with E-state index < -0.39 is 23.0 Å². The first kappa shape index (κ1) is 68.4. The van der Waals surface area contributed by atoms with Crippen LogP contribution in [0.25, 0.3) is 62.4 Å². The molecular weight excluding hydrogens is 1440 g/mol. The van der Waals surface area contributed by atoms with E-state index in [1.165, 1.54) is 38.6 Å². The molecule has 19 rings (SSSR count). The van der Waals surface area contributed by atoms with Crippen molar-refractivity contribution in [2.24, 2.45) is 5.92 Å². The Hall–Kier alpha value is -8.11. The fourth-order valence-electron chi connectivity index (χ4n) is 17.7. The quantitative estimate of drug-likeness (QED) is 0.0417. The van der Waals surface area contributed by atoms with Gasteiger partial charge >= 0.3 is 0 Å². The fourth-order valence-corrected chi connectivity index (χ4v) is 22.9. The SMILES string of the molecule is Cc1nc(NCc2cccs2)nc(NC23CCCC2OC2(CCC(c4cccc5sc(-c6c(C)nc(NCc7cccs7)nc6NC67CCCC=C6OC6(CCC(c8cccc9sc(-c%10c(C)nc(NCc%11cccs%11)nc%10NC%10(C)CCCC%10C)nc89)CC6)O7)nc45)CC2)O3)c1-c1nc2ccccc2s1. The number of anilines is 6. The zero-order valence-corrected chi connectivity index (χ0v) is 65.0. The molecule has 0 bridgehead atoms. The van der Waals surface area contributed by atoms with Crippen molar-refractivity contribution in [1.29, 1.82) is 0 Å². The van der Waals surface area contributed by atoms with Gasteiger partial charge in [-0.3, -0.25) is 0 Å². The Kier molecular flexibility index (Phi) is 17.8. The van der Waals surface area contributed by atoms with Crippen LogP contribution in [-0.4, -0.2) is 79.5 Å². The number of nitrogens with zero attached hydrogens (tertiary/aromatic N) is 9. The third kappa shape index (κ3) is 12.8. The molecule has 5 atom stereocenters. The van der Waals surface area contributed by atoms with Gasteiger partial charge in [0, 0.05) is 52.3 Å². The van der Waals surface area contributed by atoms with Crippen LogP contribution >= 0.6 is 68.0 Å². The molecule has 11 heterocycles. The first-order valence-electron chi connectivity index (χ1n) is 37.6. The van der Waals surface area contributed by atoms with Crippen molar-refractivity contribution in [2.75, 3.05) is 31.9 Å². The predicted molar refractivity (Wildman–Crippen MR) is 431 cm³/mol. The molecule has 2 aliphatic heterocycles. The van der Waals surface area contributed by atoms with E-state index in [-0.39, 0.29) is 23.5 Å². The summed E-state index contributed by atoms with van der Waals surface area (Å²) in [5.74, 6) is 4.20. The second-order valence-corrected chi connectivity index (χ2v) is 36.4. The third-order valence-electron chi connectivity index (χ3n) is 23.3. The number of para-hydroxylation sites is 3. The molecule has 19 nitrogen and oxygen atoms in total. The highest BCUT2D eigenvalue weighted by molar-refractivity contribution is 7.22. The van der Waals surface area contributed by atoms with Crippen LogP contribution in [0.2, 0.25) is 0 Å². The van der Waals surface area contributed by atoms with Gasteiger partial charge in [0.05, 0.1) is 84.1 Å². The van der Waals surface area contributed by atoms with E-state index in [0.29, 0.717) is 61.5 Å². The van der Waals surface area contributed by atoms with Crippen molar-refractivity contribution in [2.45, 2.75) is 210 Å². The molecule has 9 aromatic heterocycles. The van der Waals surface area contributed by atoms with E-state index in [4.69, 9.17) is 63.8 Å². The second-order valence-electron chi connectivity index (χ2n) is 30.2. The molecule has 106 heavy (non-hydrogen) atoms. The average Bonchev–Trinajstić information content (AvgIpc) is 1.58. The number of aryl methyl sites for hydroxylation is 3. The molecule has 7 aliphatic rings. The molecule has 25 heteroatoms. The maximum absolute atomic E-state index is 7.60. The molecule has 4 saturated carbocycles. The lowest BCUT2D eigenvalue weighted by atomic mass is 9.80. The number of nitrogens with one attached hydrogen (secondary N) is 6. The number of thiazole rings is 3. The molecule has 5 aliphatic carbocycles. The number of rotatable bonds is 20. The molecule has 6 fully saturated rings. The largest absolute Gasteiger partial charge is 0.462 e. The summed E-state index contributed by atoms with van der Waals surface area (Å²) in [7, 11) is 0. The number of hydrogen-bond acceptors (Lipinski definition) is 25. The summed E-state index contributed by atoms with van der Waals surface area (Å²) >= 11 is 10.3. The van der Waals surface area contributed by atoms with Gasteiger partial charge in [0.25, 0.3) is 0 Å². The summed E-state index contributed by atoms with van der Waals surface area (Å²) in [6, 6.07) is 34.3. The molecule has 544 valence electrons. The summed E-state index contributed by atoms with van der Waals surface area (Å²) in [6.07, 6.45) is 17.2. The van der Waals surface area contributed by atoms with Crippen LogP contribution in [0.3, 0.4) is 0 Å². The van der Waals surface area contributed by atoms with Crippen molar-refractivity contribution >= 4 is 134 Å². The van der Waals surface area contributed by atoms with Crippen LogP contribution in [0.5, 0.6) is 0 Å². The van der Waals surface area contributed by atoms with Gasteiger partial charge in [-0.1, -0.05) is 67.9 Å². The summed E-state index contributed by atoms with van der Waals surface area (Å²) in [5.41, 5.74) is 9.02. The first-order chi connectivity index (χ1) is 51.7. The Labute approximate surface area is 640 Å². The van der Waals surface area contributed by atoms with Crippen LogP contribution in [-0.2, 0) is 38.6 Å². The maximum Gasteiger partial charge on any atom is 0.225 e. The number of fused-ring (bicyclic) bond motifs is 5. The minimum Gasteiger partial charge on any atom is -0.462 e. The Morgan fingerprint density at radius 3 is 1.51 bits per heavy atom. The van der Waals surface area contributed by atoms with Crippen molar-refractivity contribution < 1.29 is 18.9 Å². The van der Waals surface area contributed by atoms with Gasteiger partial charge < -0.3 is 50.8 Å². The Bertz CT molecular complexity index is 5260. The minimum absolute atomic E-state index is 0.0930. The van der Waals surface area contributed by atoms with Crippen LogP contribution in [0.4, 0.5) is 35.3 Å². The van der Waals surface area contributed by atoms with Crippen LogP contribution < -0.4 is 31.9 Å². The van der Waals surface area contributed by atoms with Gasteiger partial charge in [0.1, 0.15) is 44.3 Å². The van der Waals surface area contributed by atoms with Gasteiger partial charge in [-0.05, 0) is 192 Å². The highest BCUT2D eigenvalue weighted by atomic mass is 32.1. The average molecular weight is 1530 g/mol. The molecule has 0 amide bonds. The molecule has 2 spiro atoms. The van der Waals surface area contributed by atoms with E-state index in [0.717, 1.165) is 181 Å². The summed E-state index contributed by atoms with van der Waals surface area (Å²) < 4.78 is 33.0. The van der Waals surface area contributed by atoms with Crippen molar-refractivity contribution in [1.82, 2.24) is 44.9 Å². The molecule has 3 aromatic carbocycles. The van der Waals surface area contributed by atoms with Gasteiger partial charge in [0.2, 0.25) is 29.4 Å². The standard InChI is InChI=1S/C81H85N15O4S6/c1-46-17-12-33-77(46,5)94-68-63(47(2)85-74(91-68)82-43-52-18-14-40-101-52)72-89-66-55(21-10-25-59(66)105-72)50-29-36-78(37-30-50)97-61-27-8-9-34-80(61,99-78)95-70-65(49(4)87-76(93-70)84-45-54-20-16-42-103-54)73-90-67-56(22-11-26-60(67)106-73)51-31-38-79(39-32-51)98-62-28-13-35-81(62,100-79)96-69-64(71-88-57-23-6-7-24-58(57)104-71)48(3)86-75(92-69)83-44-53-19-15-41-102-53/h6-7,10-11,14-16,18-27,40-42,46,50-51,62H,8-9,12-13,17,28-39,43-45H2,1-5H3,(H2,82,85,91,94)(H2,83,86,92,96)(H2,84,87,93,95). The Balaban J connectivity index is 0.580. The Morgan fingerprint density at radius 1 is 0.462 bits per heavy atom. The van der Waals surface area contributed by atoms with Crippen LogP contribution in [0, 0.1) is 26.7 Å². The van der Waals surface area contributed by atoms with Crippen molar-refractivity contribution in [3.05, 3.63) is 168 Å². The summed E-state index contributed by atoms with van der Waals surface area (Å²) in [6.45, 7) is 12.9. The van der Waals surface area contributed by atoms with Gasteiger partial charge in [-0.25, -0.2) is 29.9 Å². The van der Waals surface area contributed by atoms with Crippen molar-refractivity contribution in [3.63, 3.8) is 0 Å². The highest BCUT2D eigenvalue weighted by Crippen LogP contribution is 2.58. The Morgan fingerprint density at radius 2 is 0.972 bits per heavy atom. The van der Waals surface area contributed by atoms with E-state index in [1.54, 1.807) is 68.0 Å². The maximum atomic E-state index is 7.60. The van der Waals surface area contributed by atoms with E-state index in [1.807, 2.05) is 6.07 Å². The lowest BCUT2D eigenvalue weighted by molar-refractivity contribution is -0.210. The highest BCUT2D eigenvalue weighted by Gasteiger charge is 2.61. The minimum atomic E-state index is -0.961. The summed E-state index contributed by atoms with van der Waals surface area (Å²) in [5, 5.41) is 31.6. The lowest BCUT2D eigenvalue weighted by Crippen LogP contribution is -2.45. The van der Waals surface area contributed by atoms with Crippen LogP contribution in [0.1, 0.15) is 178 Å². The fraction of sp³-hybridized carbons (Fsp3) is 0.420. The molecule has 5 unspecified atom stereocenters. The monoisotopic (exact) mass is 1520 g/mol. The first-order valence-corrected chi connectivity index (χ1v) is 42.7. The number of hydrogen-bond donors (Lipinski definition) is 6. The molecule has 0 radical (unpaired) electrons. The predicted octanol–water partition coefficient (Wildman–Crippen LogP) is 20.9. The van der Waals surface area contributed by atoms with Gasteiger partial charge in [0.15, 0.2) is 11.5 Å². The second kappa shape index (κ2) is 27.5. The van der Waals surface area contributed by atoms with E-state index >= 15 is 0 Å². The number of benzene rings is 3. The molecular formula is C81H85N15O4S6. The number of aromatic nitrogens is 9. The smallest absolute Gasteiger partial charge is 0.225 e. The molecule has 12 aromatic rings. The summed E-state index contributed by atoms with van der Waals surface area (Å²) in [4.78, 5) is 51.2. The van der Waals surface area contributed by atoms with E-state index in [2.05, 4.69) is 180 Å². The number of allylic oxidation sites excluding steroid dienone is 1. The lowest BCUT2D eigenvalue weighted by Gasteiger charge is -2.38. The molecule has 6 N–H and O–H groups in total. The number of thiophene rings is 3. The normalized spacial score (nSPS) is 26.2. The number of ether oxygens (including phenoxy) is 4. The van der Waals surface area contributed by atoms with E-state index in [9.17, 15) is 0 Å². The zero-order chi connectivity index (χ0) is 71.4. The van der Waals surface area contributed by atoms with Crippen molar-refractivity contribution in [3.8, 4) is 31.7 Å². The zero-order valence-electron chi connectivity index (χ0n) is 60.1. The topological polar surface area (TPSA) is 225 Å². The third-order valence-corrected chi connectivity index (χ3v) is 29.1. The molecule has 2 saturated heterocycles. The van der Waals surface area contributed by atoms with Gasteiger partial charge in [-0.2, -0.15) is 15.0 Å².